The van der Waals surface area contributed by atoms with Crippen LogP contribution in [0, 0.1) is 17.3 Å². The first-order chi connectivity index (χ1) is 13.1. The smallest absolute Gasteiger partial charge is 0.405 e. The highest BCUT2D eigenvalue weighted by Crippen LogP contribution is 2.45. The number of anilines is 1. The lowest BCUT2D eigenvalue weighted by molar-refractivity contribution is 0.182. The van der Waals surface area contributed by atoms with Crippen LogP contribution in [0.5, 0.6) is 5.88 Å². The molecule has 0 radical (unpaired) electrons. The number of piperidine rings is 2. The molecule has 7 nitrogen and oxygen atoms in total. The molecule has 7 heteroatoms. The molecule has 2 aliphatic heterocycles. The minimum absolute atomic E-state index is 0.229. The van der Waals surface area contributed by atoms with Crippen LogP contribution < -0.4 is 20.3 Å². The number of hydrogen-bond acceptors (Lipinski definition) is 5. The van der Waals surface area contributed by atoms with E-state index in [4.69, 9.17) is 9.72 Å². The van der Waals surface area contributed by atoms with Gasteiger partial charge in [0.2, 0.25) is 5.88 Å². The number of ether oxygens (including phenoxy) is 1. The van der Waals surface area contributed by atoms with E-state index in [1.807, 2.05) is 26.0 Å². The van der Waals surface area contributed by atoms with Crippen LogP contribution in [0.1, 0.15) is 46.1 Å². The van der Waals surface area contributed by atoms with E-state index in [0.717, 1.165) is 50.4 Å². The molecular formula is C21H32N4O3. The summed E-state index contributed by atoms with van der Waals surface area (Å²) in [6.07, 6.45) is 1.43. The molecule has 154 valence electrons. The summed E-state index contributed by atoms with van der Waals surface area (Å²) in [7, 11) is 0. The number of fused-ring (bicyclic) bond motifs is 1. The number of amides is 1. The number of pyridine rings is 1. The molecule has 1 aromatic heterocycles. The van der Waals surface area contributed by atoms with Gasteiger partial charge in [-0.3, -0.25) is 0 Å². The molecular weight excluding hydrogens is 356 g/mol. The summed E-state index contributed by atoms with van der Waals surface area (Å²) >= 11 is 0. The number of nitrogens with one attached hydrogen (secondary N) is 2. The summed E-state index contributed by atoms with van der Waals surface area (Å²) in [4.78, 5) is 18.4. The van der Waals surface area contributed by atoms with E-state index in [9.17, 15) is 9.90 Å². The first-order valence-corrected chi connectivity index (χ1v) is 10.3. The van der Waals surface area contributed by atoms with Gasteiger partial charge in [-0.05, 0) is 43.7 Å². The molecule has 0 bridgehead atoms. The van der Waals surface area contributed by atoms with E-state index in [0.29, 0.717) is 23.1 Å². The molecule has 3 aliphatic rings. The van der Waals surface area contributed by atoms with Gasteiger partial charge in [-0.25, -0.2) is 4.79 Å². The van der Waals surface area contributed by atoms with Gasteiger partial charge in [0.1, 0.15) is 11.9 Å². The normalized spacial score (nSPS) is 28.6. The topological polar surface area (TPSA) is 86.7 Å². The Bertz CT molecular complexity index is 744. The summed E-state index contributed by atoms with van der Waals surface area (Å²) in [6.45, 7) is 12.3. The molecule has 4 rings (SSSR count). The quantitative estimate of drug-likeness (QED) is 0.719. The first kappa shape index (κ1) is 19.3. The van der Waals surface area contributed by atoms with Crippen molar-refractivity contribution in [2.75, 3.05) is 31.1 Å². The van der Waals surface area contributed by atoms with Crippen molar-refractivity contribution < 1.29 is 14.6 Å². The molecule has 3 heterocycles. The van der Waals surface area contributed by atoms with Crippen LogP contribution in [-0.2, 0) is 5.54 Å². The van der Waals surface area contributed by atoms with Crippen molar-refractivity contribution in [2.24, 2.45) is 17.3 Å². The van der Waals surface area contributed by atoms with Crippen molar-refractivity contribution in [3.8, 4) is 5.88 Å². The Kier molecular flexibility index (Phi) is 4.68. The summed E-state index contributed by atoms with van der Waals surface area (Å²) < 4.78 is 6.25. The van der Waals surface area contributed by atoms with Gasteiger partial charge in [0, 0.05) is 44.1 Å². The number of carboxylic acid groups (broad SMARTS) is 1. The molecule has 3 N–H and O–H groups in total. The van der Waals surface area contributed by atoms with Crippen molar-refractivity contribution in [3.63, 3.8) is 0 Å². The molecule has 3 fully saturated rings. The fourth-order valence-electron chi connectivity index (χ4n) is 4.43. The third-order valence-electron chi connectivity index (χ3n) is 6.64. The van der Waals surface area contributed by atoms with Gasteiger partial charge >= 0.3 is 6.09 Å². The monoisotopic (exact) mass is 388 g/mol. The highest BCUT2D eigenvalue weighted by molar-refractivity contribution is 5.66. The van der Waals surface area contributed by atoms with Crippen LogP contribution in [0.25, 0.3) is 0 Å². The van der Waals surface area contributed by atoms with E-state index in [1.165, 1.54) is 0 Å². The second kappa shape index (κ2) is 6.79. The third kappa shape index (κ3) is 3.90. The Morgan fingerprint density at radius 1 is 1.29 bits per heavy atom. The maximum absolute atomic E-state index is 11.3. The largest absolute Gasteiger partial charge is 0.474 e. The fourth-order valence-corrected chi connectivity index (χ4v) is 4.43. The highest BCUT2D eigenvalue weighted by Gasteiger charge is 2.55. The third-order valence-corrected chi connectivity index (χ3v) is 6.64. The standard InChI is InChI=1S/C21H32N4O3/c1-20(2)5-7-25(8-6-20)16-9-13(21(3,4)24-19(26)27)10-17(23-16)28-18-14-11-22-12-15(14)18/h9-10,14-15,18,22,24H,5-8,11-12H2,1-4H3,(H,26,27)/t14-,15+,18?. The summed E-state index contributed by atoms with van der Waals surface area (Å²) in [5.74, 6) is 2.65. The zero-order valence-corrected chi connectivity index (χ0v) is 17.3. The van der Waals surface area contributed by atoms with Gasteiger partial charge in [-0.2, -0.15) is 4.98 Å². The molecule has 0 aromatic carbocycles. The maximum atomic E-state index is 11.3. The van der Waals surface area contributed by atoms with Crippen molar-refractivity contribution in [1.82, 2.24) is 15.6 Å². The molecule has 1 amide bonds. The molecule has 3 atom stereocenters. The van der Waals surface area contributed by atoms with Crippen molar-refractivity contribution in [2.45, 2.75) is 52.2 Å². The van der Waals surface area contributed by atoms with Gasteiger partial charge in [0.15, 0.2) is 0 Å². The Morgan fingerprint density at radius 3 is 2.54 bits per heavy atom. The van der Waals surface area contributed by atoms with E-state index in [-0.39, 0.29) is 6.10 Å². The Labute approximate surface area is 166 Å². The van der Waals surface area contributed by atoms with E-state index in [2.05, 4.69) is 29.4 Å². The lowest BCUT2D eigenvalue weighted by atomic mass is 9.82. The molecule has 0 spiro atoms. The fraction of sp³-hybridized carbons (Fsp3) is 0.714. The minimum Gasteiger partial charge on any atom is -0.474 e. The SMILES string of the molecule is CC1(C)CCN(c2cc(C(C)(C)NC(=O)O)cc(OC3[C@H]4CNC[C@@H]34)n2)CC1. The summed E-state index contributed by atoms with van der Waals surface area (Å²) in [6, 6.07) is 3.91. The second-order valence-electron chi connectivity index (χ2n) is 9.83. The van der Waals surface area contributed by atoms with E-state index >= 15 is 0 Å². The van der Waals surface area contributed by atoms with Crippen molar-refractivity contribution >= 4 is 11.9 Å². The molecule has 1 aliphatic carbocycles. The van der Waals surface area contributed by atoms with Gasteiger partial charge in [0.25, 0.3) is 0 Å². The molecule has 1 aromatic rings. The average molecular weight is 389 g/mol. The van der Waals surface area contributed by atoms with Crippen LogP contribution >= 0.6 is 0 Å². The van der Waals surface area contributed by atoms with Crippen LogP contribution in [0.2, 0.25) is 0 Å². The Morgan fingerprint density at radius 2 is 1.93 bits per heavy atom. The average Bonchev–Trinajstić information content (AvgIpc) is 3.01. The zero-order chi connectivity index (χ0) is 20.1. The van der Waals surface area contributed by atoms with Gasteiger partial charge < -0.3 is 25.4 Å². The lowest BCUT2D eigenvalue weighted by Crippen LogP contribution is -2.41. The van der Waals surface area contributed by atoms with Gasteiger partial charge in [0.05, 0.1) is 5.54 Å². The van der Waals surface area contributed by atoms with Gasteiger partial charge in [-0.1, -0.05) is 13.8 Å². The van der Waals surface area contributed by atoms with Crippen molar-refractivity contribution in [1.29, 1.82) is 0 Å². The minimum atomic E-state index is -1.03. The van der Waals surface area contributed by atoms with Crippen molar-refractivity contribution in [3.05, 3.63) is 17.7 Å². The van der Waals surface area contributed by atoms with Crippen LogP contribution in [-0.4, -0.2) is 48.5 Å². The highest BCUT2D eigenvalue weighted by atomic mass is 16.5. The molecule has 1 saturated carbocycles. The molecule has 28 heavy (non-hydrogen) atoms. The summed E-state index contributed by atoms with van der Waals surface area (Å²) in [5.41, 5.74) is 0.511. The number of carbonyl (C=O) groups is 1. The predicted molar refractivity (Wildman–Crippen MR) is 108 cm³/mol. The number of rotatable bonds is 5. The Balaban J connectivity index is 1.60. The number of aromatic nitrogens is 1. The zero-order valence-electron chi connectivity index (χ0n) is 17.3. The lowest BCUT2D eigenvalue weighted by Gasteiger charge is -2.38. The second-order valence-corrected chi connectivity index (χ2v) is 9.83. The maximum Gasteiger partial charge on any atom is 0.405 e. The van der Waals surface area contributed by atoms with Gasteiger partial charge in [-0.15, -0.1) is 0 Å². The number of nitrogens with zero attached hydrogens (tertiary/aromatic N) is 2. The first-order valence-electron chi connectivity index (χ1n) is 10.3. The van der Waals surface area contributed by atoms with E-state index < -0.39 is 11.6 Å². The van der Waals surface area contributed by atoms with Crippen LogP contribution in [0.3, 0.4) is 0 Å². The molecule has 1 unspecified atom stereocenters. The summed E-state index contributed by atoms with van der Waals surface area (Å²) in [5, 5.41) is 15.2. The van der Waals surface area contributed by atoms with Crippen LogP contribution in [0.4, 0.5) is 10.6 Å². The van der Waals surface area contributed by atoms with E-state index in [1.54, 1.807) is 0 Å². The Hall–Kier alpha value is -2.02. The number of hydrogen-bond donors (Lipinski definition) is 3. The predicted octanol–water partition coefficient (Wildman–Crippen LogP) is 2.81. The molecule has 2 saturated heterocycles. The van der Waals surface area contributed by atoms with Crippen LogP contribution in [0.15, 0.2) is 12.1 Å².